The predicted molar refractivity (Wildman–Crippen MR) is 71.3 cm³/mol. The molecule has 3 rings (SSSR count). The maximum Gasteiger partial charge on any atom is 0.0406 e. The van der Waals surface area contributed by atoms with E-state index in [4.69, 9.17) is 11.6 Å². The van der Waals surface area contributed by atoms with Crippen molar-refractivity contribution in [1.29, 1.82) is 0 Å². The summed E-state index contributed by atoms with van der Waals surface area (Å²) in [5, 5.41) is 4.31. The van der Waals surface area contributed by atoms with Gasteiger partial charge in [-0.2, -0.15) is 0 Å². The average Bonchev–Trinajstić information content (AvgIpc) is 2.89. The predicted octanol–water partition coefficient (Wildman–Crippen LogP) is 2.55. The first-order valence-electron chi connectivity index (χ1n) is 6.44. The molecule has 0 aromatic heterocycles. The van der Waals surface area contributed by atoms with Gasteiger partial charge in [0.15, 0.2) is 0 Å². The Balaban J connectivity index is 1.70. The molecule has 0 saturated carbocycles. The molecule has 1 aromatic carbocycles. The highest BCUT2D eigenvalue weighted by Crippen LogP contribution is 2.32. The van der Waals surface area contributed by atoms with E-state index in [9.17, 15) is 0 Å². The molecule has 2 heterocycles. The smallest absolute Gasteiger partial charge is 0.0406 e. The number of hydrogen-bond donors (Lipinski definition) is 1. The summed E-state index contributed by atoms with van der Waals surface area (Å²) < 4.78 is 0. The van der Waals surface area contributed by atoms with E-state index in [-0.39, 0.29) is 0 Å². The van der Waals surface area contributed by atoms with Crippen molar-refractivity contribution >= 4 is 11.6 Å². The van der Waals surface area contributed by atoms with Gasteiger partial charge in [0.2, 0.25) is 0 Å². The Bertz CT molecular complexity index is 378. The van der Waals surface area contributed by atoms with Crippen LogP contribution in [0.25, 0.3) is 0 Å². The number of benzene rings is 1. The van der Waals surface area contributed by atoms with Crippen LogP contribution in [0.5, 0.6) is 0 Å². The van der Waals surface area contributed by atoms with E-state index in [1.54, 1.807) is 0 Å². The minimum atomic E-state index is 0.512. The molecule has 17 heavy (non-hydrogen) atoms. The van der Waals surface area contributed by atoms with Crippen molar-refractivity contribution in [3.05, 3.63) is 34.9 Å². The molecule has 1 N–H and O–H groups in total. The molecular weight excluding hydrogens is 232 g/mol. The minimum absolute atomic E-state index is 0.512. The van der Waals surface area contributed by atoms with Crippen LogP contribution in [0.1, 0.15) is 18.5 Å². The second kappa shape index (κ2) is 4.60. The van der Waals surface area contributed by atoms with E-state index in [1.165, 1.54) is 31.7 Å². The number of likely N-dealkylation sites (tertiary alicyclic amines) is 1. The van der Waals surface area contributed by atoms with Crippen molar-refractivity contribution in [2.24, 2.45) is 11.8 Å². The molecule has 0 amide bonds. The molecule has 2 aliphatic rings. The monoisotopic (exact) mass is 250 g/mol. The van der Waals surface area contributed by atoms with Crippen LogP contribution >= 0.6 is 11.6 Å². The normalized spacial score (nSPS) is 30.5. The van der Waals surface area contributed by atoms with Crippen LogP contribution in [-0.2, 0) is 0 Å². The molecule has 0 bridgehead atoms. The molecule has 2 aliphatic heterocycles. The van der Waals surface area contributed by atoms with E-state index in [0.717, 1.165) is 16.9 Å². The molecule has 1 aromatic rings. The minimum Gasteiger partial charge on any atom is -0.316 e. The van der Waals surface area contributed by atoms with Crippen molar-refractivity contribution in [3.63, 3.8) is 0 Å². The Morgan fingerprint density at radius 2 is 1.76 bits per heavy atom. The lowest BCUT2D eigenvalue weighted by atomic mass is 10.0. The number of nitrogens with zero attached hydrogens (tertiary/aromatic N) is 1. The summed E-state index contributed by atoms with van der Waals surface area (Å²) >= 11 is 5.93. The summed E-state index contributed by atoms with van der Waals surface area (Å²) in [7, 11) is 0. The molecule has 92 valence electrons. The van der Waals surface area contributed by atoms with Crippen LogP contribution < -0.4 is 5.32 Å². The van der Waals surface area contributed by atoms with Gasteiger partial charge in [0.05, 0.1) is 0 Å². The second-order valence-corrected chi connectivity index (χ2v) is 5.80. The van der Waals surface area contributed by atoms with Gasteiger partial charge < -0.3 is 5.32 Å². The zero-order valence-corrected chi connectivity index (χ0v) is 11.0. The second-order valence-electron chi connectivity index (χ2n) is 5.36. The maximum atomic E-state index is 5.93. The number of halogens is 1. The lowest BCUT2D eigenvalue weighted by Crippen LogP contribution is -2.28. The van der Waals surface area contributed by atoms with E-state index in [0.29, 0.717) is 6.04 Å². The first kappa shape index (κ1) is 11.5. The van der Waals surface area contributed by atoms with Crippen LogP contribution in [-0.4, -0.2) is 31.1 Å². The largest absolute Gasteiger partial charge is 0.316 e. The number of hydrogen-bond acceptors (Lipinski definition) is 2. The lowest BCUT2D eigenvalue weighted by Gasteiger charge is -2.25. The molecular formula is C14H19ClN2. The summed E-state index contributed by atoms with van der Waals surface area (Å²) in [6, 6.07) is 8.80. The van der Waals surface area contributed by atoms with Gasteiger partial charge in [0.25, 0.3) is 0 Å². The standard InChI is InChI=1S/C14H19ClN2/c1-10(11-2-4-14(15)5-3-11)17-8-12-6-16-7-13(12)9-17/h2-5,10,12-13,16H,6-9H2,1H3. The molecule has 0 spiro atoms. The Labute approximate surface area is 108 Å². The van der Waals surface area contributed by atoms with Crippen molar-refractivity contribution in [2.75, 3.05) is 26.2 Å². The van der Waals surface area contributed by atoms with Crippen LogP contribution in [0, 0.1) is 11.8 Å². The molecule has 2 saturated heterocycles. The highest BCUT2D eigenvalue weighted by Gasteiger charge is 2.37. The molecule has 3 heteroatoms. The highest BCUT2D eigenvalue weighted by atomic mass is 35.5. The first-order chi connectivity index (χ1) is 8.24. The fourth-order valence-corrected chi connectivity index (χ4v) is 3.29. The third-order valence-electron chi connectivity index (χ3n) is 4.32. The summed E-state index contributed by atoms with van der Waals surface area (Å²) in [5.41, 5.74) is 1.38. The maximum absolute atomic E-state index is 5.93. The van der Waals surface area contributed by atoms with Crippen LogP contribution in [0.3, 0.4) is 0 Å². The SMILES string of the molecule is CC(c1ccc(Cl)cc1)N1CC2CNCC2C1. The topological polar surface area (TPSA) is 15.3 Å². The molecule has 0 radical (unpaired) electrons. The summed E-state index contributed by atoms with van der Waals surface area (Å²) in [5.74, 6) is 1.73. The van der Waals surface area contributed by atoms with Gasteiger partial charge in [-0.3, -0.25) is 4.90 Å². The fourth-order valence-electron chi connectivity index (χ4n) is 3.16. The number of rotatable bonds is 2. The Kier molecular flexibility index (Phi) is 3.12. The summed E-state index contributed by atoms with van der Waals surface area (Å²) in [4.78, 5) is 2.61. The summed E-state index contributed by atoms with van der Waals surface area (Å²) in [6.07, 6.45) is 0. The quantitative estimate of drug-likeness (QED) is 0.868. The van der Waals surface area contributed by atoms with Crippen molar-refractivity contribution in [1.82, 2.24) is 10.2 Å². The zero-order chi connectivity index (χ0) is 11.8. The van der Waals surface area contributed by atoms with Gasteiger partial charge in [-0.15, -0.1) is 0 Å². The van der Waals surface area contributed by atoms with Crippen molar-refractivity contribution in [2.45, 2.75) is 13.0 Å². The fraction of sp³-hybridized carbons (Fsp3) is 0.571. The van der Waals surface area contributed by atoms with E-state index in [1.807, 2.05) is 12.1 Å². The van der Waals surface area contributed by atoms with Crippen molar-refractivity contribution < 1.29 is 0 Å². The Morgan fingerprint density at radius 3 is 2.35 bits per heavy atom. The Morgan fingerprint density at radius 1 is 1.18 bits per heavy atom. The third-order valence-corrected chi connectivity index (χ3v) is 4.57. The lowest BCUT2D eigenvalue weighted by molar-refractivity contribution is 0.244. The first-order valence-corrected chi connectivity index (χ1v) is 6.82. The van der Waals surface area contributed by atoms with E-state index >= 15 is 0 Å². The van der Waals surface area contributed by atoms with Gasteiger partial charge >= 0.3 is 0 Å². The van der Waals surface area contributed by atoms with Crippen LogP contribution in [0.4, 0.5) is 0 Å². The number of nitrogens with one attached hydrogen (secondary N) is 1. The molecule has 2 fully saturated rings. The molecule has 2 nitrogen and oxygen atoms in total. The van der Waals surface area contributed by atoms with Gasteiger partial charge in [0, 0.05) is 24.2 Å². The average molecular weight is 251 g/mol. The van der Waals surface area contributed by atoms with Gasteiger partial charge in [-0.25, -0.2) is 0 Å². The van der Waals surface area contributed by atoms with Crippen LogP contribution in [0.2, 0.25) is 5.02 Å². The molecule has 0 aliphatic carbocycles. The number of fused-ring (bicyclic) bond motifs is 1. The molecule has 3 unspecified atom stereocenters. The zero-order valence-electron chi connectivity index (χ0n) is 10.2. The van der Waals surface area contributed by atoms with E-state index in [2.05, 4.69) is 29.3 Å². The Hall–Kier alpha value is -0.570. The van der Waals surface area contributed by atoms with Gasteiger partial charge in [-0.1, -0.05) is 23.7 Å². The van der Waals surface area contributed by atoms with Gasteiger partial charge in [0.1, 0.15) is 0 Å². The van der Waals surface area contributed by atoms with Gasteiger partial charge in [-0.05, 0) is 49.5 Å². The van der Waals surface area contributed by atoms with E-state index < -0.39 is 0 Å². The van der Waals surface area contributed by atoms with Crippen LogP contribution in [0.15, 0.2) is 24.3 Å². The third kappa shape index (κ3) is 2.22. The van der Waals surface area contributed by atoms with Crippen molar-refractivity contribution in [3.8, 4) is 0 Å². The summed E-state index contributed by atoms with van der Waals surface area (Å²) in [6.45, 7) is 7.18. The molecule has 3 atom stereocenters. The highest BCUT2D eigenvalue weighted by molar-refractivity contribution is 6.30.